The topological polar surface area (TPSA) is 104 Å². The first kappa shape index (κ1) is 18.4. The van der Waals surface area contributed by atoms with Gasteiger partial charge in [-0.05, 0) is 23.9 Å². The maximum Gasteiger partial charge on any atom is 0.344 e. The molecule has 3 heterocycles. The van der Waals surface area contributed by atoms with Gasteiger partial charge in [0.05, 0.1) is 5.75 Å². The van der Waals surface area contributed by atoms with Crippen molar-refractivity contribution in [2.24, 2.45) is 0 Å². The molecule has 0 bridgehead atoms. The summed E-state index contributed by atoms with van der Waals surface area (Å²) in [7, 11) is 0. The normalized spacial score (nSPS) is 19.1. The molecule has 0 aliphatic carbocycles. The number of imide groups is 1. The van der Waals surface area contributed by atoms with Crippen LogP contribution in [-0.4, -0.2) is 38.6 Å². The van der Waals surface area contributed by atoms with E-state index in [-0.39, 0.29) is 5.75 Å². The van der Waals surface area contributed by atoms with E-state index in [2.05, 4.69) is 20.7 Å². The molecular formula is C18H15N5O3S2. The zero-order chi connectivity index (χ0) is 19.7. The van der Waals surface area contributed by atoms with Crippen LogP contribution in [0.4, 0.5) is 4.79 Å². The molecule has 1 aliphatic rings. The number of benzene rings is 1. The monoisotopic (exact) mass is 413 g/mol. The lowest BCUT2D eigenvalue weighted by molar-refractivity contribution is -0.138. The second kappa shape index (κ2) is 7.21. The second-order valence-corrected chi connectivity index (χ2v) is 8.06. The number of thiophene rings is 1. The molecule has 1 atom stereocenters. The number of thioether (sulfide) groups is 1. The highest BCUT2D eigenvalue weighted by atomic mass is 32.2. The first-order valence-corrected chi connectivity index (χ1v) is 10.2. The third kappa shape index (κ3) is 3.20. The van der Waals surface area contributed by atoms with E-state index in [1.54, 1.807) is 31.2 Å². The Hall–Kier alpha value is -2.98. The summed E-state index contributed by atoms with van der Waals surface area (Å²) in [6.07, 6.45) is 1.45. The van der Waals surface area contributed by atoms with Crippen molar-refractivity contribution >= 4 is 51.2 Å². The molecule has 1 fully saturated rings. The van der Waals surface area contributed by atoms with Gasteiger partial charge in [0, 0.05) is 5.39 Å². The number of hydrogen-bond acceptors (Lipinski definition) is 7. The van der Waals surface area contributed by atoms with Crippen molar-refractivity contribution in [3.05, 3.63) is 53.7 Å². The van der Waals surface area contributed by atoms with Gasteiger partial charge in [-0.1, -0.05) is 42.1 Å². The van der Waals surface area contributed by atoms with E-state index in [9.17, 15) is 14.4 Å². The van der Waals surface area contributed by atoms with E-state index in [0.29, 0.717) is 10.6 Å². The number of amides is 4. The Labute approximate surface area is 168 Å². The van der Waals surface area contributed by atoms with Crippen LogP contribution in [0.1, 0.15) is 12.5 Å². The molecule has 2 N–H and O–H groups in total. The van der Waals surface area contributed by atoms with Gasteiger partial charge in [0.25, 0.3) is 5.91 Å². The number of hydrazine groups is 1. The Morgan fingerprint density at radius 1 is 1.25 bits per heavy atom. The van der Waals surface area contributed by atoms with E-state index < -0.39 is 23.4 Å². The molecule has 4 rings (SSSR count). The number of nitrogens with one attached hydrogen (secondary N) is 2. The van der Waals surface area contributed by atoms with Crippen LogP contribution in [0, 0.1) is 0 Å². The summed E-state index contributed by atoms with van der Waals surface area (Å²) < 4.78 is 0. The highest BCUT2D eigenvalue weighted by molar-refractivity contribution is 8.00. The molecule has 0 saturated carbocycles. The largest absolute Gasteiger partial charge is 0.344 e. The standard InChI is InChI=1S/C18H15N5O3S2/c1-18(11-5-3-2-4-6-11)16(25)23(17(26)21-18)22-13(24)9-28-15-12-7-8-27-14(12)19-10-20-15/h2-8,10H,9H2,1H3,(H,21,26)(H,22,24). The molecule has 0 radical (unpaired) electrons. The van der Waals surface area contributed by atoms with Crippen molar-refractivity contribution in [1.82, 2.24) is 25.7 Å². The molecule has 1 aliphatic heterocycles. The fourth-order valence-electron chi connectivity index (χ4n) is 2.88. The Morgan fingerprint density at radius 2 is 2.04 bits per heavy atom. The summed E-state index contributed by atoms with van der Waals surface area (Å²) in [5, 5.41) is 6.83. The summed E-state index contributed by atoms with van der Waals surface area (Å²) in [6, 6.07) is 10.1. The van der Waals surface area contributed by atoms with Crippen LogP contribution in [0.25, 0.3) is 10.2 Å². The third-order valence-electron chi connectivity index (χ3n) is 4.34. The molecule has 8 nitrogen and oxygen atoms in total. The van der Waals surface area contributed by atoms with Gasteiger partial charge in [0.15, 0.2) is 0 Å². The van der Waals surface area contributed by atoms with Crippen LogP contribution in [-0.2, 0) is 15.1 Å². The zero-order valence-electron chi connectivity index (χ0n) is 14.7. The summed E-state index contributed by atoms with van der Waals surface area (Å²) >= 11 is 2.71. The minimum absolute atomic E-state index is 0.00106. The molecule has 1 aromatic carbocycles. The molecule has 0 spiro atoms. The summed E-state index contributed by atoms with van der Waals surface area (Å²) in [5.74, 6) is -1.02. The number of hydrogen-bond donors (Lipinski definition) is 2. The van der Waals surface area contributed by atoms with Crippen molar-refractivity contribution in [1.29, 1.82) is 0 Å². The fraction of sp³-hybridized carbons (Fsp3) is 0.167. The van der Waals surface area contributed by atoms with Crippen molar-refractivity contribution in [3.63, 3.8) is 0 Å². The number of urea groups is 1. The van der Waals surface area contributed by atoms with Crippen molar-refractivity contribution in [2.75, 3.05) is 5.75 Å². The number of fused-ring (bicyclic) bond motifs is 1. The highest BCUT2D eigenvalue weighted by Gasteiger charge is 2.49. The lowest BCUT2D eigenvalue weighted by Crippen LogP contribution is -2.48. The predicted molar refractivity (Wildman–Crippen MR) is 105 cm³/mol. The quantitative estimate of drug-likeness (QED) is 0.378. The van der Waals surface area contributed by atoms with Crippen molar-refractivity contribution < 1.29 is 14.4 Å². The Morgan fingerprint density at radius 3 is 2.82 bits per heavy atom. The van der Waals surface area contributed by atoms with E-state index in [1.165, 1.54) is 29.4 Å². The van der Waals surface area contributed by atoms with Crippen LogP contribution < -0.4 is 10.7 Å². The van der Waals surface area contributed by atoms with Crippen molar-refractivity contribution in [3.8, 4) is 0 Å². The average Bonchev–Trinajstić information content (AvgIpc) is 3.27. The third-order valence-corrected chi connectivity index (χ3v) is 6.17. The van der Waals surface area contributed by atoms with Crippen molar-refractivity contribution in [2.45, 2.75) is 17.5 Å². The van der Waals surface area contributed by atoms with E-state index >= 15 is 0 Å². The number of rotatable bonds is 5. The van der Waals surface area contributed by atoms with E-state index in [0.717, 1.165) is 15.2 Å². The highest BCUT2D eigenvalue weighted by Crippen LogP contribution is 2.29. The maximum absolute atomic E-state index is 12.8. The minimum Gasteiger partial charge on any atom is -0.318 e. The second-order valence-electron chi connectivity index (χ2n) is 6.20. The van der Waals surface area contributed by atoms with E-state index in [1.807, 2.05) is 17.5 Å². The first-order chi connectivity index (χ1) is 13.5. The van der Waals surface area contributed by atoms with E-state index in [4.69, 9.17) is 0 Å². The van der Waals surface area contributed by atoms with Gasteiger partial charge in [0.2, 0.25) is 5.91 Å². The Bertz CT molecular complexity index is 1070. The van der Waals surface area contributed by atoms with Crippen LogP contribution in [0.5, 0.6) is 0 Å². The Kier molecular flexibility index (Phi) is 4.73. The SMILES string of the molecule is CC1(c2ccccc2)NC(=O)N(NC(=O)CSc2ncnc3sccc23)C1=O. The van der Waals surface area contributed by atoms with Gasteiger partial charge in [-0.15, -0.1) is 11.3 Å². The minimum atomic E-state index is -1.23. The number of aromatic nitrogens is 2. The number of carbonyl (C=O) groups excluding carboxylic acids is 3. The Balaban J connectivity index is 1.44. The molecule has 1 saturated heterocycles. The van der Waals surface area contributed by atoms with Gasteiger partial charge in [-0.3, -0.25) is 15.0 Å². The molecule has 4 amide bonds. The molecule has 10 heteroatoms. The summed E-state index contributed by atoms with van der Waals surface area (Å²) in [4.78, 5) is 46.6. The van der Waals surface area contributed by atoms with Crippen LogP contribution in [0.15, 0.2) is 53.1 Å². The van der Waals surface area contributed by atoms with Gasteiger partial charge < -0.3 is 5.32 Å². The maximum atomic E-state index is 12.8. The van der Waals surface area contributed by atoms with Gasteiger partial charge >= 0.3 is 6.03 Å². The molecule has 142 valence electrons. The number of nitrogens with zero attached hydrogens (tertiary/aromatic N) is 3. The fourth-order valence-corrected chi connectivity index (χ4v) is 4.45. The lowest BCUT2D eigenvalue weighted by atomic mass is 9.92. The van der Waals surface area contributed by atoms with Gasteiger partial charge in [-0.25, -0.2) is 14.8 Å². The summed E-state index contributed by atoms with van der Waals surface area (Å²) in [6.45, 7) is 1.61. The zero-order valence-corrected chi connectivity index (χ0v) is 16.3. The molecule has 1 unspecified atom stereocenters. The average molecular weight is 413 g/mol. The van der Waals surface area contributed by atoms with Gasteiger partial charge in [0.1, 0.15) is 21.7 Å². The lowest BCUT2D eigenvalue weighted by Gasteiger charge is -2.22. The van der Waals surface area contributed by atoms with Crippen LogP contribution in [0.3, 0.4) is 0 Å². The smallest absolute Gasteiger partial charge is 0.318 e. The van der Waals surface area contributed by atoms with Crippen LogP contribution in [0.2, 0.25) is 0 Å². The molecule has 3 aromatic rings. The first-order valence-electron chi connectivity index (χ1n) is 8.32. The molecule has 2 aromatic heterocycles. The number of carbonyl (C=O) groups is 3. The summed E-state index contributed by atoms with van der Waals surface area (Å²) in [5.41, 5.74) is 1.80. The van der Waals surface area contributed by atoms with Gasteiger partial charge in [-0.2, -0.15) is 5.01 Å². The van der Waals surface area contributed by atoms with Crippen LogP contribution >= 0.6 is 23.1 Å². The predicted octanol–water partition coefficient (Wildman–Crippen LogP) is 2.28. The molecule has 28 heavy (non-hydrogen) atoms. The molecular weight excluding hydrogens is 398 g/mol.